The van der Waals surface area contributed by atoms with Crippen molar-refractivity contribution in [1.82, 2.24) is 0 Å². The number of hydrogen-bond donors (Lipinski definition) is 4. The van der Waals surface area contributed by atoms with Crippen molar-refractivity contribution in [2.45, 2.75) is 37.4 Å². The van der Waals surface area contributed by atoms with E-state index in [-0.39, 0.29) is 19.4 Å². The van der Waals surface area contributed by atoms with Gasteiger partial charge in [0.25, 0.3) is 5.69 Å². The van der Waals surface area contributed by atoms with Crippen LogP contribution < -0.4 is 11.5 Å². The Kier molecular flexibility index (Phi) is 9.52. The van der Waals surface area contributed by atoms with Gasteiger partial charge in [-0.3, -0.25) is 19.7 Å². The van der Waals surface area contributed by atoms with Crippen LogP contribution in [0.2, 0.25) is 5.02 Å². The van der Waals surface area contributed by atoms with Gasteiger partial charge in [0.2, 0.25) is 22.8 Å². The van der Waals surface area contributed by atoms with Crippen LogP contribution in [-0.2, 0) is 0 Å². The molecule has 0 aromatic heterocycles. The van der Waals surface area contributed by atoms with Crippen LogP contribution in [0.15, 0.2) is 24.3 Å². The molecule has 214 valence electrons. The highest BCUT2D eigenvalue weighted by Gasteiger charge is 2.57. The van der Waals surface area contributed by atoms with Gasteiger partial charge in [-0.15, -0.1) is 0 Å². The maximum Gasteiger partial charge on any atom is 0.424 e. The number of nitro groups is 1. The number of anilines is 2. The summed E-state index contributed by atoms with van der Waals surface area (Å²) in [5.74, 6) is -3.65. The number of benzene rings is 2. The Hall–Kier alpha value is -4.45. The lowest BCUT2D eigenvalue weighted by molar-refractivity contribution is -0.384. The smallest absolute Gasteiger partial charge is 0.398 e. The summed E-state index contributed by atoms with van der Waals surface area (Å²) in [6.07, 6.45) is -10.5. The van der Waals surface area contributed by atoms with Gasteiger partial charge in [0.05, 0.1) is 27.2 Å². The van der Waals surface area contributed by atoms with Crippen LogP contribution in [0.1, 0.15) is 45.7 Å². The Balaban J connectivity index is 0.000000400. The van der Waals surface area contributed by atoms with E-state index in [2.05, 4.69) is 0 Å². The van der Waals surface area contributed by atoms with E-state index >= 15 is 0 Å². The summed E-state index contributed by atoms with van der Waals surface area (Å²) >= 11 is 5.54. The molecule has 0 saturated heterocycles. The Morgan fingerprint density at radius 3 is 1.65 bits per heavy atom. The zero-order valence-electron chi connectivity index (χ0n) is 20.0. The molecule has 2 aromatic rings. The lowest BCUT2D eigenvalue weighted by Crippen LogP contribution is -2.49. The lowest BCUT2D eigenvalue weighted by Gasteiger charge is -2.25. The van der Waals surface area contributed by atoms with Crippen LogP contribution in [0.4, 0.5) is 43.4 Å². The Bertz CT molecular complexity index is 1460. The summed E-state index contributed by atoms with van der Waals surface area (Å²) in [6, 6.07) is 6.86. The van der Waals surface area contributed by atoms with Crippen molar-refractivity contribution >= 4 is 40.2 Å². The van der Waals surface area contributed by atoms with E-state index < -0.39 is 78.8 Å². The van der Waals surface area contributed by atoms with Crippen LogP contribution in [0.5, 0.6) is 0 Å². The lowest BCUT2D eigenvalue weighted by atomic mass is 9.88. The van der Waals surface area contributed by atoms with Crippen molar-refractivity contribution in [3.8, 4) is 12.1 Å². The molecule has 0 amide bonds. The molecule has 0 bridgehead atoms. The molecule has 0 aliphatic rings. The molecule has 0 aliphatic carbocycles. The molecular formula is C22H16ClF6N5O6. The average molecular weight is 596 g/mol. The maximum absolute atomic E-state index is 12.7. The third kappa shape index (κ3) is 6.23. The summed E-state index contributed by atoms with van der Waals surface area (Å²) in [7, 11) is 0. The predicted molar refractivity (Wildman–Crippen MR) is 125 cm³/mol. The van der Waals surface area contributed by atoms with Crippen LogP contribution in [0.25, 0.3) is 0 Å². The molecule has 0 aliphatic heterocycles. The number of rotatable bonds is 5. The monoisotopic (exact) mass is 595 g/mol. The Morgan fingerprint density at radius 1 is 0.875 bits per heavy atom. The molecule has 0 saturated carbocycles. The summed E-state index contributed by atoms with van der Waals surface area (Å²) in [5.41, 5.74) is -1.11. The fraction of sp³-hybridized carbons (Fsp3) is 0.273. The summed E-state index contributed by atoms with van der Waals surface area (Å²) < 4.78 is 75.8. The fourth-order valence-corrected chi connectivity index (χ4v) is 3.10. The maximum atomic E-state index is 12.7. The van der Waals surface area contributed by atoms with Gasteiger partial charge in [-0.1, -0.05) is 11.6 Å². The van der Waals surface area contributed by atoms with E-state index in [4.69, 9.17) is 33.6 Å². The fourth-order valence-electron chi connectivity index (χ4n) is 2.77. The Labute approximate surface area is 224 Å². The van der Waals surface area contributed by atoms with Crippen molar-refractivity contribution in [2.24, 2.45) is 0 Å². The van der Waals surface area contributed by atoms with Gasteiger partial charge in [0.15, 0.2) is 0 Å². The van der Waals surface area contributed by atoms with Crippen molar-refractivity contribution in [3.63, 3.8) is 0 Å². The molecule has 40 heavy (non-hydrogen) atoms. The molecule has 0 radical (unpaired) electrons. The zero-order chi connectivity index (χ0) is 31.6. The van der Waals surface area contributed by atoms with Crippen LogP contribution in [-0.4, -0.2) is 50.3 Å². The van der Waals surface area contributed by atoms with Gasteiger partial charge in [-0.25, -0.2) is 0 Å². The van der Waals surface area contributed by atoms with Gasteiger partial charge in [0.1, 0.15) is 17.2 Å². The number of carbonyl (C=O) groups is 2. The molecule has 2 aromatic carbocycles. The molecule has 11 nitrogen and oxygen atoms in total. The van der Waals surface area contributed by atoms with Crippen molar-refractivity contribution in [1.29, 1.82) is 10.5 Å². The predicted octanol–water partition coefficient (Wildman–Crippen LogP) is 3.83. The van der Waals surface area contributed by atoms with Gasteiger partial charge in [-0.05, 0) is 32.0 Å². The minimum Gasteiger partial charge on any atom is -0.398 e. The first-order chi connectivity index (χ1) is 18.0. The number of carbonyl (C=O) groups excluding carboxylic acids is 2. The second kappa shape index (κ2) is 11.3. The van der Waals surface area contributed by atoms with E-state index in [1.807, 2.05) is 0 Å². The van der Waals surface area contributed by atoms with Crippen molar-refractivity contribution in [3.05, 3.63) is 61.7 Å². The van der Waals surface area contributed by atoms with E-state index in [0.29, 0.717) is 0 Å². The summed E-state index contributed by atoms with van der Waals surface area (Å²) in [4.78, 5) is 33.3. The topological polar surface area (TPSA) is 217 Å². The number of nitriles is 2. The molecule has 0 heterocycles. The highest BCUT2D eigenvalue weighted by atomic mass is 35.5. The third-order valence-corrected chi connectivity index (χ3v) is 5.65. The van der Waals surface area contributed by atoms with Crippen LogP contribution >= 0.6 is 11.6 Å². The zero-order valence-corrected chi connectivity index (χ0v) is 20.7. The van der Waals surface area contributed by atoms with Crippen molar-refractivity contribution in [2.75, 3.05) is 11.5 Å². The molecule has 6 N–H and O–H groups in total. The number of nitrogens with two attached hydrogens (primary N) is 2. The number of nitrogen functional groups attached to an aromatic ring is 2. The first-order valence-corrected chi connectivity index (χ1v) is 10.5. The summed E-state index contributed by atoms with van der Waals surface area (Å²) in [6.45, 7) is 0.471. The number of nitrogens with zero attached hydrogens (tertiary/aromatic N) is 3. The number of aliphatic hydroxyl groups is 2. The number of nitro benzene ring substituents is 1. The summed E-state index contributed by atoms with van der Waals surface area (Å²) in [5, 5.41) is 46.1. The van der Waals surface area contributed by atoms with Gasteiger partial charge in [-0.2, -0.15) is 36.9 Å². The first kappa shape index (κ1) is 33.6. The van der Waals surface area contributed by atoms with E-state index in [1.165, 1.54) is 6.07 Å². The number of halogens is 7. The largest absolute Gasteiger partial charge is 0.424 e. The number of Topliss-reactive ketones (excluding diaryl/α,β-unsaturated/α-hetero) is 2. The second-order valence-electron chi connectivity index (χ2n) is 8.09. The third-order valence-electron chi connectivity index (χ3n) is 5.26. The van der Waals surface area contributed by atoms with Gasteiger partial charge in [0, 0.05) is 17.4 Å². The molecular weight excluding hydrogens is 580 g/mol. The van der Waals surface area contributed by atoms with E-state index in [9.17, 15) is 56.3 Å². The molecule has 2 atom stereocenters. The molecule has 0 fully saturated rings. The van der Waals surface area contributed by atoms with Crippen LogP contribution in [0.3, 0.4) is 0 Å². The average Bonchev–Trinajstić information content (AvgIpc) is 2.81. The normalized spacial score (nSPS) is 14.3. The van der Waals surface area contributed by atoms with Crippen LogP contribution in [0, 0.1) is 32.8 Å². The highest BCUT2D eigenvalue weighted by Crippen LogP contribution is 2.39. The Morgan fingerprint density at radius 2 is 1.27 bits per heavy atom. The quantitative estimate of drug-likeness (QED) is 0.129. The molecule has 0 spiro atoms. The van der Waals surface area contributed by atoms with E-state index in [0.717, 1.165) is 24.3 Å². The minimum atomic E-state index is -5.29. The molecule has 2 unspecified atom stereocenters. The molecule has 18 heteroatoms. The number of alkyl halides is 6. The standard InChI is InChI=1S/C12H8F3N3O2.C10H8ClF3N2O4/c1-11(20,12(13,14)15)10(19)9-7(5-17)6(4-16)2-3-8(9)18;1-9(18,10(12,13)14)8(17)6-4(15)2-3-5(7(6)11)16(19)20/h2-3,20H,18H2,1H3;2-3,18H,15H2,1H3. The highest BCUT2D eigenvalue weighted by molar-refractivity contribution is 6.37. The minimum absolute atomic E-state index is 0.212. The second-order valence-corrected chi connectivity index (χ2v) is 8.47. The van der Waals surface area contributed by atoms with Gasteiger partial charge < -0.3 is 21.7 Å². The SMILES string of the molecule is CC(O)(C(=O)c1c(N)ccc(C#N)c1C#N)C(F)(F)F.CC(O)(C(=O)c1c(N)ccc([N+](=O)[O-])c1Cl)C(F)(F)F. The van der Waals surface area contributed by atoms with Crippen molar-refractivity contribution < 1.29 is 51.1 Å². The first-order valence-electron chi connectivity index (χ1n) is 10.1. The number of ketones is 2. The number of hydrogen-bond acceptors (Lipinski definition) is 10. The van der Waals surface area contributed by atoms with Gasteiger partial charge >= 0.3 is 12.4 Å². The van der Waals surface area contributed by atoms with E-state index in [1.54, 1.807) is 6.07 Å². The molecule has 2 rings (SSSR count).